The van der Waals surface area contributed by atoms with Crippen LogP contribution in [0.2, 0.25) is 0 Å². The maximum Gasteiger partial charge on any atom is 0.0482 e. The van der Waals surface area contributed by atoms with Gasteiger partial charge in [-0.25, -0.2) is 0 Å². The van der Waals surface area contributed by atoms with Crippen LogP contribution in [0.1, 0.15) is 158 Å². The lowest BCUT2D eigenvalue weighted by atomic mass is 9.47. The van der Waals surface area contributed by atoms with E-state index in [1.165, 1.54) is 44.5 Å². The molecule has 0 bridgehead atoms. The lowest BCUT2D eigenvalue weighted by Crippen LogP contribution is -2.54. The fraction of sp³-hybridized carbons (Fsp3) is 0.400. The Kier molecular flexibility index (Phi) is 10.0. The normalized spacial score (nSPS) is 21.5. The summed E-state index contributed by atoms with van der Waals surface area (Å²) in [4.78, 5) is 4.87. The standard InChI is InChI=1S/C70H80N2/c1-61(2)55-40-47(41-56-59(55)69(17,65(61,9)10)66(11,12)62(56,3)4)45-28-25-34-51(38-45)71(49-30-21-19-22-31-49)53-36-27-37-54(44-53)72(50-32-23-20-24-33-50)52-35-26-29-46(39-52)48-42-57-60-58(43-48)64(7,8)68(15,16)70(60,18)67(13,14)63(57,5)6/h19-44H,1-18H3. The van der Waals surface area contributed by atoms with Gasteiger partial charge in [0.15, 0.2) is 0 Å². The first-order chi connectivity index (χ1) is 33.5. The lowest BCUT2D eigenvalue weighted by Gasteiger charge is -2.56. The van der Waals surface area contributed by atoms with E-state index < -0.39 is 0 Å². The Morgan fingerprint density at radius 1 is 0.236 bits per heavy atom. The third kappa shape index (κ3) is 5.68. The minimum atomic E-state index is -0.00412. The van der Waals surface area contributed by atoms with Crippen molar-refractivity contribution in [1.29, 1.82) is 0 Å². The molecule has 0 fully saturated rings. The van der Waals surface area contributed by atoms with Crippen molar-refractivity contribution in [3.05, 3.63) is 191 Å². The van der Waals surface area contributed by atoms with Crippen LogP contribution in [0.4, 0.5) is 34.1 Å². The minimum absolute atomic E-state index is 0.00412. The van der Waals surface area contributed by atoms with Gasteiger partial charge in [-0.15, -0.1) is 0 Å². The Hall–Kier alpha value is -5.86. The molecule has 0 spiro atoms. The Morgan fingerprint density at radius 3 is 0.778 bits per heavy atom. The summed E-state index contributed by atoms with van der Waals surface area (Å²) in [5.41, 5.74) is 21.3. The van der Waals surface area contributed by atoms with Crippen LogP contribution in [0.5, 0.6) is 0 Å². The topological polar surface area (TPSA) is 6.48 Å². The van der Waals surface area contributed by atoms with Gasteiger partial charge >= 0.3 is 0 Å². The number of rotatable bonds is 8. The van der Waals surface area contributed by atoms with Gasteiger partial charge in [-0.1, -0.05) is 216 Å². The van der Waals surface area contributed by atoms with E-state index in [9.17, 15) is 0 Å². The average molecular weight is 949 g/mol. The first kappa shape index (κ1) is 48.4. The van der Waals surface area contributed by atoms with E-state index in [2.05, 4.69) is 292 Å². The highest BCUT2D eigenvalue weighted by Gasteiger charge is 2.73. The first-order valence-electron chi connectivity index (χ1n) is 26.9. The molecule has 0 saturated heterocycles. The predicted octanol–water partition coefficient (Wildman–Crippen LogP) is 19.7. The van der Waals surface area contributed by atoms with Gasteiger partial charge in [0.1, 0.15) is 0 Å². The molecule has 0 radical (unpaired) electrons. The fourth-order valence-corrected chi connectivity index (χ4v) is 15.8. The largest absolute Gasteiger partial charge is 0.310 e. The average Bonchev–Trinajstić information content (AvgIpc) is 3.69. The summed E-state index contributed by atoms with van der Waals surface area (Å²) < 4.78 is 0. The molecule has 72 heavy (non-hydrogen) atoms. The van der Waals surface area contributed by atoms with E-state index in [4.69, 9.17) is 0 Å². The zero-order valence-electron chi connectivity index (χ0n) is 46.9. The molecule has 0 amide bonds. The smallest absolute Gasteiger partial charge is 0.0482 e. The summed E-state index contributed by atoms with van der Waals surface area (Å²) in [5, 5.41) is 0. The molecule has 2 nitrogen and oxygen atoms in total. The molecule has 0 aliphatic heterocycles. The van der Waals surface area contributed by atoms with E-state index in [0.717, 1.165) is 34.1 Å². The molecule has 0 unspecified atom stereocenters. The molecule has 0 N–H and O–H groups in total. The molecule has 4 aliphatic rings. The highest BCUT2D eigenvalue weighted by atomic mass is 15.2. The van der Waals surface area contributed by atoms with Crippen LogP contribution in [-0.4, -0.2) is 0 Å². The number of para-hydroxylation sites is 2. The van der Waals surface area contributed by atoms with E-state index in [-0.39, 0.29) is 54.1 Å². The summed E-state index contributed by atoms with van der Waals surface area (Å²) in [6.07, 6.45) is 0. The van der Waals surface area contributed by atoms with Crippen LogP contribution in [0.15, 0.2) is 158 Å². The molecule has 4 aliphatic carbocycles. The maximum absolute atomic E-state index is 2.57. The Balaban J connectivity index is 1.04. The van der Waals surface area contributed by atoms with Crippen molar-refractivity contribution in [1.82, 2.24) is 0 Å². The van der Waals surface area contributed by atoms with Gasteiger partial charge < -0.3 is 9.80 Å². The van der Waals surface area contributed by atoms with E-state index in [1.54, 1.807) is 11.1 Å². The van der Waals surface area contributed by atoms with Gasteiger partial charge in [0.05, 0.1) is 0 Å². The molecule has 7 aromatic carbocycles. The summed E-state index contributed by atoms with van der Waals surface area (Å²) >= 11 is 0. The van der Waals surface area contributed by atoms with Gasteiger partial charge in [-0.3, -0.25) is 0 Å². The maximum atomic E-state index is 2.57. The molecule has 7 aromatic rings. The van der Waals surface area contributed by atoms with Crippen LogP contribution >= 0.6 is 0 Å². The zero-order chi connectivity index (χ0) is 51.8. The highest BCUT2D eigenvalue weighted by Crippen LogP contribution is 2.78. The van der Waals surface area contributed by atoms with E-state index in [1.807, 2.05) is 0 Å². The summed E-state index contributed by atoms with van der Waals surface area (Å²) in [7, 11) is 0. The van der Waals surface area contributed by atoms with Crippen LogP contribution in [0.3, 0.4) is 0 Å². The van der Waals surface area contributed by atoms with Crippen LogP contribution in [-0.2, 0) is 32.5 Å². The predicted molar refractivity (Wildman–Crippen MR) is 309 cm³/mol. The molecule has 0 heterocycles. The molecular weight excluding hydrogens is 869 g/mol. The second kappa shape index (κ2) is 14.9. The number of hydrogen-bond donors (Lipinski definition) is 0. The molecule has 0 aromatic heterocycles. The Morgan fingerprint density at radius 2 is 0.486 bits per heavy atom. The summed E-state index contributed by atoms with van der Waals surface area (Å²) in [6, 6.07) is 59.7. The molecule has 2 heteroatoms. The van der Waals surface area contributed by atoms with Crippen molar-refractivity contribution < 1.29 is 0 Å². The van der Waals surface area contributed by atoms with Gasteiger partial charge in [-0.05, 0) is 166 Å². The van der Waals surface area contributed by atoms with Crippen molar-refractivity contribution in [2.45, 2.75) is 157 Å². The van der Waals surface area contributed by atoms with Gasteiger partial charge in [0.25, 0.3) is 0 Å². The second-order valence-corrected chi connectivity index (χ2v) is 27.1. The third-order valence-corrected chi connectivity index (χ3v) is 23.5. The van der Waals surface area contributed by atoms with E-state index in [0.29, 0.717) is 0 Å². The van der Waals surface area contributed by atoms with Crippen LogP contribution in [0.25, 0.3) is 22.3 Å². The number of benzene rings is 7. The Bertz CT molecular complexity index is 3020. The van der Waals surface area contributed by atoms with E-state index >= 15 is 0 Å². The number of anilines is 6. The first-order valence-corrected chi connectivity index (χ1v) is 26.9. The molecular formula is C70H80N2. The Labute approximate surface area is 433 Å². The van der Waals surface area contributed by atoms with Gasteiger partial charge in [0.2, 0.25) is 0 Å². The van der Waals surface area contributed by atoms with Crippen LogP contribution in [0, 0.1) is 21.7 Å². The second-order valence-electron chi connectivity index (χ2n) is 27.1. The number of nitrogens with zero attached hydrogens (tertiary/aromatic N) is 2. The summed E-state index contributed by atoms with van der Waals surface area (Å²) in [6.45, 7) is 45.3. The molecule has 370 valence electrons. The zero-order valence-corrected chi connectivity index (χ0v) is 46.9. The van der Waals surface area contributed by atoms with Crippen molar-refractivity contribution in [2.75, 3.05) is 9.80 Å². The summed E-state index contributed by atoms with van der Waals surface area (Å²) in [5.74, 6) is 0. The van der Waals surface area contributed by atoms with Crippen LogP contribution < -0.4 is 9.80 Å². The lowest BCUT2D eigenvalue weighted by molar-refractivity contribution is -0.0105. The van der Waals surface area contributed by atoms with Crippen molar-refractivity contribution in [3.63, 3.8) is 0 Å². The van der Waals surface area contributed by atoms with Gasteiger partial charge in [0, 0.05) is 45.0 Å². The quantitative estimate of drug-likeness (QED) is 0.150. The minimum Gasteiger partial charge on any atom is -0.310 e. The third-order valence-electron chi connectivity index (χ3n) is 23.5. The monoisotopic (exact) mass is 949 g/mol. The van der Waals surface area contributed by atoms with Crippen molar-refractivity contribution >= 4 is 34.1 Å². The van der Waals surface area contributed by atoms with Crippen molar-refractivity contribution in [2.24, 2.45) is 21.7 Å². The molecule has 0 atom stereocenters. The molecule has 11 rings (SSSR count). The van der Waals surface area contributed by atoms with Crippen molar-refractivity contribution in [3.8, 4) is 22.3 Å². The van der Waals surface area contributed by atoms with Gasteiger partial charge in [-0.2, -0.15) is 0 Å². The molecule has 0 saturated carbocycles. The SMILES string of the molecule is CC1(C)c2cc(-c3cccc(N(c4ccccc4)c4cccc(N(c5ccccc5)c5cccc(-c6cc7c8c(c6)C(C)(C)C(C)(C)C8(C)C(C)(C)C7(C)C)c5)c4)c3)cc3c2C(C)(C1(C)C)C(C)(C)C3(C)C. The number of hydrogen-bond acceptors (Lipinski definition) is 2. The highest BCUT2D eigenvalue weighted by molar-refractivity contribution is 5.86. The fourth-order valence-electron chi connectivity index (χ4n) is 15.8.